The second-order valence-electron chi connectivity index (χ2n) is 3.35. The molecule has 0 atom stereocenters. The first-order valence-corrected chi connectivity index (χ1v) is 6.68. The Morgan fingerprint density at radius 1 is 1.35 bits per heavy atom. The minimum Gasteiger partial charge on any atom is -0.383 e. The van der Waals surface area contributed by atoms with Gasteiger partial charge in [0.25, 0.3) is 0 Å². The molecule has 1 aromatic heterocycles. The fourth-order valence-corrected chi connectivity index (χ4v) is 2.15. The van der Waals surface area contributed by atoms with Gasteiger partial charge in [-0.25, -0.2) is 0 Å². The molecule has 0 radical (unpaired) electrons. The molecule has 0 aliphatic carbocycles. The van der Waals surface area contributed by atoms with Crippen LogP contribution in [0.5, 0.6) is 0 Å². The Morgan fingerprint density at radius 3 is 2.82 bits per heavy atom. The normalized spacial score (nSPS) is 10.5. The van der Waals surface area contributed by atoms with Gasteiger partial charge < -0.3 is 10.1 Å². The average molecular weight is 314 g/mol. The predicted molar refractivity (Wildman–Crippen MR) is 73.4 cm³/mol. The molecule has 0 saturated heterocycles. The summed E-state index contributed by atoms with van der Waals surface area (Å²) in [6, 6.07) is 7.94. The van der Waals surface area contributed by atoms with Gasteiger partial charge in [-0.2, -0.15) is 9.36 Å². The molecule has 2 aromatic rings. The molecule has 0 spiro atoms. The van der Waals surface area contributed by atoms with Crippen molar-refractivity contribution in [1.82, 2.24) is 9.36 Å². The fraction of sp³-hybridized carbons (Fsp3) is 0.273. The summed E-state index contributed by atoms with van der Waals surface area (Å²) in [5, 5.41) is 3.98. The SMILES string of the molecule is COCCNc1nc(-c2ccc(Br)cc2)ns1. The van der Waals surface area contributed by atoms with Gasteiger partial charge in [-0.3, -0.25) is 0 Å². The van der Waals surface area contributed by atoms with E-state index in [0.29, 0.717) is 6.61 Å². The minimum atomic E-state index is 0.660. The van der Waals surface area contributed by atoms with Gasteiger partial charge in [-0.15, -0.1) is 0 Å². The Kier molecular flexibility index (Phi) is 4.47. The standard InChI is InChI=1S/C11H12BrN3OS/c1-16-7-6-13-11-14-10(15-17-11)8-2-4-9(12)5-3-8/h2-5H,6-7H2,1H3,(H,13,14,15). The van der Waals surface area contributed by atoms with Crippen LogP contribution >= 0.6 is 27.5 Å². The Hall–Kier alpha value is -0.980. The molecule has 0 aliphatic heterocycles. The van der Waals surface area contributed by atoms with E-state index in [2.05, 4.69) is 30.6 Å². The van der Waals surface area contributed by atoms with E-state index in [1.807, 2.05) is 24.3 Å². The molecule has 1 heterocycles. The minimum absolute atomic E-state index is 0.660. The zero-order chi connectivity index (χ0) is 12.1. The summed E-state index contributed by atoms with van der Waals surface area (Å²) in [4.78, 5) is 4.41. The van der Waals surface area contributed by atoms with E-state index in [-0.39, 0.29) is 0 Å². The number of halogens is 1. The molecular weight excluding hydrogens is 302 g/mol. The van der Waals surface area contributed by atoms with Crippen molar-refractivity contribution in [3.63, 3.8) is 0 Å². The maximum Gasteiger partial charge on any atom is 0.202 e. The van der Waals surface area contributed by atoms with E-state index in [1.165, 1.54) is 11.5 Å². The lowest BCUT2D eigenvalue weighted by atomic mass is 10.2. The Morgan fingerprint density at radius 2 is 2.12 bits per heavy atom. The molecule has 1 N–H and O–H groups in total. The third kappa shape index (κ3) is 3.49. The van der Waals surface area contributed by atoms with Crippen LogP contribution in [0.15, 0.2) is 28.7 Å². The Balaban J connectivity index is 2.04. The number of nitrogens with one attached hydrogen (secondary N) is 1. The van der Waals surface area contributed by atoms with Crippen molar-refractivity contribution < 1.29 is 4.74 Å². The van der Waals surface area contributed by atoms with Gasteiger partial charge in [0.2, 0.25) is 5.13 Å². The molecule has 17 heavy (non-hydrogen) atoms. The third-order valence-electron chi connectivity index (χ3n) is 2.11. The Labute approximate surface area is 112 Å². The van der Waals surface area contributed by atoms with Crippen LogP contribution in [-0.4, -0.2) is 29.6 Å². The summed E-state index contributed by atoms with van der Waals surface area (Å²) in [5.74, 6) is 0.752. The number of benzene rings is 1. The second-order valence-corrected chi connectivity index (χ2v) is 5.02. The zero-order valence-corrected chi connectivity index (χ0v) is 11.7. The van der Waals surface area contributed by atoms with Crippen molar-refractivity contribution in [3.05, 3.63) is 28.7 Å². The van der Waals surface area contributed by atoms with Gasteiger partial charge in [0.1, 0.15) is 0 Å². The van der Waals surface area contributed by atoms with E-state index in [4.69, 9.17) is 4.74 Å². The number of hydrogen-bond donors (Lipinski definition) is 1. The van der Waals surface area contributed by atoms with Crippen LogP contribution in [-0.2, 0) is 4.74 Å². The molecular formula is C11H12BrN3OS. The number of methoxy groups -OCH3 is 1. The van der Waals surface area contributed by atoms with Gasteiger partial charge in [-0.1, -0.05) is 28.1 Å². The van der Waals surface area contributed by atoms with Gasteiger partial charge in [0, 0.05) is 35.2 Å². The molecule has 2 rings (SSSR count). The third-order valence-corrected chi connectivity index (χ3v) is 3.31. The predicted octanol–water partition coefficient (Wildman–Crippen LogP) is 3.03. The summed E-state index contributed by atoms with van der Waals surface area (Å²) < 4.78 is 10.3. The molecule has 6 heteroatoms. The highest BCUT2D eigenvalue weighted by Crippen LogP contribution is 2.22. The number of anilines is 1. The van der Waals surface area contributed by atoms with Crippen molar-refractivity contribution in [3.8, 4) is 11.4 Å². The van der Waals surface area contributed by atoms with Crippen LogP contribution in [0.1, 0.15) is 0 Å². The summed E-state index contributed by atoms with van der Waals surface area (Å²) in [6.45, 7) is 1.40. The molecule has 0 unspecified atom stereocenters. The van der Waals surface area contributed by atoms with E-state index in [0.717, 1.165) is 27.5 Å². The summed E-state index contributed by atoms with van der Waals surface area (Å²) in [5.41, 5.74) is 1.02. The topological polar surface area (TPSA) is 47.0 Å². The highest BCUT2D eigenvalue weighted by atomic mass is 79.9. The van der Waals surface area contributed by atoms with Gasteiger partial charge in [-0.05, 0) is 12.1 Å². The van der Waals surface area contributed by atoms with Gasteiger partial charge >= 0.3 is 0 Å². The molecule has 0 saturated carbocycles. The van der Waals surface area contributed by atoms with Gasteiger partial charge in [0.15, 0.2) is 5.82 Å². The van der Waals surface area contributed by atoms with Crippen molar-refractivity contribution in [2.75, 3.05) is 25.6 Å². The van der Waals surface area contributed by atoms with Crippen LogP contribution in [0.2, 0.25) is 0 Å². The van der Waals surface area contributed by atoms with Crippen molar-refractivity contribution in [2.45, 2.75) is 0 Å². The highest BCUT2D eigenvalue weighted by Gasteiger charge is 2.05. The first-order valence-electron chi connectivity index (χ1n) is 5.12. The average Bonchev–Trinajstić information content (AvgIpc) is 2.79. The first-order chi connectivity index (χ1) is 8.29. The number of rotatable bonds is 5. The largest absolute Gasteiger partial charge is 0.383 e. The smallest absolute Gasteiger partial charge is 0.202 e. The lowest BCUT2D eigenvalue weighted by molar-refractivity contribution is 0.211. The van der Waals surface area contributed by atoms with E-state index in [1.54, 1.807) is 7.11 Å². The van der Waals surface area contributed by atoms with Crippen LogP contribution < -0.4 is 5.32 Å². The molecule has 90 valence electrons. The fourth-order valence-electron chi connectivity index (χ4n) is 1.27. The highest BCUT2D eigenvalue weighted by molar-refractivity contribution is 9.10. The summed E-state index contributed by atoms with van der Waals surface area (Å²) >= 11 is 4.76. The number of hydrogen-bond acceptors (Lipinski definition) is 5. The van der Waals surface area contributed by atoms with Crippen molar-refractivity contribution >= 4 is 32.6 Å². The van der Waals surface area contributed by atoms with Crippen molar-refractivity contribution in [2.24, 2.45) is 0 Å². The quantitative estimate of drug-likeness (QED) is 0.862. The number of nitrogens with zero attached hydrogens (tertiary/aromatic N) is 2. The van der Waals surface area contributed by atoms with E-state index in [9.17, 15) is 0 Å². The molecule has 0 aliphatic rings. The monoisotopic (exact) mass is 313 g/mol. The first kappa shape index (κ1) is 12.5. The summed E-state index contributed by atoms with van der Waals surface area (Å²) in [6.07, 6.45) is 0. The van der Waals surface area contributed by atoms with Crippen LogP contribution in [0.25, 0.3) is 11.4 Å². The lowest BCUT2D eigenvalue weighted by Gasteiger charge is -1.99. The maximum absolute atomic E-state index is 4.96. The second kappa shape index (κ2) is 6.09. The van der Waals surface area contributed by atoms with E-state index >= 15 is 0 Å². The number of ether oxygens (including phenoxy) is 1. The van der Waals surface area contributed by atoms with Crippen LogP contribution in [0, 0.1) is 0 Å². The lowest BCUT2D eigenvalue weighted by Crippen LogP contribution is -2.06. The summed E-state index contributed by atoms with van der Waals surface area (Å²) in [7, 11) is 1.68. The molecule has 4 nitrogen and oxygen atoms in total. The number of aromatic nitrogens is 2. The van der Waals surface area contributed by atoms with Crippen molar-refractivity contribution in [1.29, 1.82) is 0 Å². The van der Waals surface area contributed by atoms with Crippen LogP contribution in [0.4, 0.5) is 5.13 Å². The Bertz CT molecular complexity index is 472. The molecule has 0 amide bonds. The van der Waals surface area contributed by atoms with Crippen LogP contribution in [0.3, 0.4) is 0 Å². The molecule has 0 bridgehead atoms. The molecule has 1 aromatic carbocycles. The molecule has 0 fully saturated rings. The zero-order valence-electron chi connectivity index (χ0n) is 9.31. The van der Waals surface area contributed by atoms with E-state index < -0.39 is 0 Å². The maximum atomic E-state index is 4.96. The van der Waals surface area contributed by atoms with Gasteiger partial charge in [0.05, 0.1) is 6.61 Å².